The number of methoxy groups -OCH3 is 1. The molecule has 0 N–H and O–H groups in total. The smallest absolute Gasteiger partial charge is 0.397 e. The Labute approximate surface area is 81.3 Å². The summed E-state index contributed by atoms with van der Waals surface area (Å²) in [4.78, 5) is 27.2. The highest BCUT2D eigenvalue weighted by molar-refractivity contribution is 6.37. The van der Waals surface area contributed by atoms with Crippen LogP contribution in [0.1, 0.15) is 0 Å². The molecule has 0 saturated carbocycles. The molecule has 0 spiro atoms. The highest BCUT2D eigenvalue weighted by Gasteiger charge is 2.20. The van der Waals surface area contributed by atoms with Crippen molar-refractivity contribution < 1.29 is 14.3 Å². The molecular weight excluding hydrogens is 184 g/mol. The summed E-state index contributed by atoms with van der Waals surface area (Å²) in [5.41, 5.74) is 0.544. The minimum atomic E-state index is -0.892. The first kappa shape index (κ1) is 10.2. The first-order chi connectivity index (χ1) is 6.66. The molecule has 0 atom stereocenters. The normalized spacial score (nSPS) is 9.29. The van der Waals surface area contributed by atoms with Crippen LogP contribution in [-0.2, 0) is 14.3 Å². The van der Waals surface area contributed by atoms with Gasteiger partial charge in [-0.2, -0.15) is 0 Å². The van der Waals surface area contributed by atoms with Crippen molar-refractivity contribution in [3.63, 3.8) is 0 Å². The second-order valence-corrected chi connectivity index (χ2v) is 2.57. The van der Waals surface area contributed by atoms with Gasteiger partial charge in [0.25, 0.3) is 0 Å². The minimum absolute atomic E-state index is 0.544. The van der Waals surface area contributed by atoms with E-state index >= 15 is 0 Å². The summed E-state index contributed by atoms with van der Waals surface area (Å²) in [6.07, 6.45) is 3.07. The van der Waals surface area contributed by atoms with E-state index in [0.29, 0.717) is 5.69 Å². The topological polar surface area (TPSA) is 59.5 Å². The Kier molecular flexibility index (Phi) is 3.17. The van der Waals surface area contributed by atoms with E-state index in [1.165, 1.54) is 18.1 Å². The molecule has 0 radical (unpaired) electrons. The molecule has 1 aromatic rings. The minimum Gasteiger partial charge on any atom is -0.462 e. The van der Waals surface area contributed by atoms with Crippen molar-refractivity contribution >= 4 is 17.6 Å². The standard InChI is InChI=1S/C9H10N2O3/c1-11(8(12)9(13)14-2)7-4-3-5-10-6-7/h3-6H,1-2H3. The highest BCUT2D eigenvalue weighted by Crippen LogP contribution is 2.09. The SMILES string of the molecule is COC(=O)C(=O)N(C)c1cccnc1. The molecule has 1 amide bonds. The lowest BCUT2D eigenvalue weighted by Gasteiger charge is -2.14. The molecular formula is C9H10N2O3. The van der Waals surface area contributed by atoms with Gasteiger partial charge < -0.3 is 9.64 Å². The fourth-order valence-corrected chi connectivity index (χ4v) is 0.894. The summed E-state index contributed by atoms with van der Waals surface area (Å²) in [5, 5.41) is 0. The lowest BCUT2D eigenvalue weighted by molar-refractivity contribution is -0.151. The lowest BCUT2D eigenvalue weighted by Crippen LogP contribution is -2.33. The first-order valence-corrected chi connectivity index (χ1v) is 3.93. The summed E-state index contributed by atoms with van der Waals surface area (Å²) < 4.78 is 4.30. The van der Waals surface area contributed by atoms with Crippen LogP contribution in [0.3, 0.4) is 0 Å². The Morgan fingerprint density at radius 1 is 1.50 bits per heavy atom. The number of hydrogen-bond acceptors (Lipinski definition) is 4. The molecule has 1 aromatic heterocycles. The van der Waals surface area contributed by atoms with E-state index in [4.69, 9.17) is 0 Å². The van der Waals surface area contributed by atoms with E-state index in [1.807, 2.05) is 0 Å². The molecule has 1 rings (SSSR count). The molecule has 0 bridgehead atoms. The van der Waals surface area contributed by atoms with Gasteiger partial charge in [0.1, 0.15) is 0 Å². The van der Waals surface area contributed by atoms with Gasteiger partial charge in [-0.15, -0.1) is 0 Å². The van der Waals surface area contributed by atoms with Gasteiger partial charge in [0.15, 0.2) is 0 Å². The maximum absolute atomic E-state index is 11.3. The van der Waals surface area contributed by atoms with Gasteiger partial charge in [0.2, 0.25) is 0 Å². The van der Waals surface area contributed by atoms with Crippen molar-refractivity contribution in [1.82, 2.24) is 4.98 Å². The number of amides is 1. The van der Waals surface area contributed by atoms with Crippen LogP contribution >= 0.6 is 0 Å². The number of pyridine rings is 1. The third-order valence-corrected chi connectivity index (χ3v) is 1.70. The molecule has 5 nitrogen and oxygen atoms in total. The van der Waals surface area contributed by atoms with E-state index in [-0.39, 0.29) is 0 Å². The molecule has 1 heterocycles. The van der Waals surface area contributed by atoms with Crippen LogP contribution in [0.4, 0.5) is 5.69 Å². The molecule has 14 heavy (non-hydrogen) atoms. The Morgan fingerprint density at radius 3 is 2.71 bits per heavy atom. The number of carbonyl (C=O) groups is 2. The molecule has 74 valence electrons. The highest BCUT2D eigenvalue weighted by atomic mass is 16.5. The molecule has 5 heteroatoms. The van der Waals surface area contributed by atoms with Crippen molar-refractivity contribution in [2.75, 3.05) is 19.1 Å². The van der Waals surface area contributed by atoms with Gasteiger partial charge in [0.05, 0.1) is 19.0 Å². The number of hydrogen-bond donors (Lipinski definition) is 0. The fraction of sp³-hybridized carbons (Fsp3) is 0.222. The van der Waals surface area contributed by atoms with Gasteiger partial charge in [-0.1, -0.05) is 0 Å². The van der Waals surface area contributed by atoms with E-state index in [0.717, 1.165) is 7.11 Å². The summed E-state index contributed by atoms with van der Waals surface area (Å²) in [6.45, 7) is 0. The number of carbonyl (C=O) groups excluding carboxylic acids is 2. The number of rotatable bonds is 1. The van der Waals surface area contributed by atoms with Crippen molar-refractivity contribution in [3.05, 3.63) is 24.5 Å². The molecule has 0 saturated heterocycles. The zero-order valence-electron chi connectivity index (χ0n) is 7.93. The average Bonchev–Trinajstić information content (AvgIpc) is 2.27. The van der Waals surface area contributed by atoms with E-state index in [2.05, 4.69) is 9.72 Å². The van der Waals surface area contributed by atoms with Crippen molar-refractivity contribution in [1.29, 1.82) is 0 Å². The van der Waals surface area contributed by atoms with Crippen LogP contribution in [0, 0.1) is 0 Å². The quantitative estimate of drug-likeness (QED) is 0.474. The van der Waals surface area contributed by atoms with Crippen LogP contribution in [0.2, 0.25) is 0 Å². The first-order valence-electron chi connectivity index (χ1n) is 3.93. The average molecular weight is 194 g/mol. The largest absolute Gasteiger partial charge is 0.462 e. The summed E-state index contributed by atoms with van der Waals surface area (Å²) in [5.74, 6) is -1.61. The molecule has 0 unspecified atom stereocenters. The van der Waals surface area contributed by atoms with Crippen LogP contribution < -0.4 is 4.90 Å². The lowest BCUT2D eigenvalue weighted by atomic mass is 10.4. The number of nitrogens with zero attached hydrogens (tertiary/aromatic N) is 2. The summed E-state index contributed by atoms with van der Waals surface area (Å²) >= 11 is 0. The second-order valence-electron chi connectivity index (χ2n) is 2.57. The molecule has 0 aliphatic heterocycles. The van der Waals surface area contributed by atoms with E-state index in [9.17, 15) is 9.59 Å². The van der Waals surface area contributed by atoms with Crippen LogP contribution in [-0.4, -0.2) is 31.0 Å². The fourth-order valence-electron chi connectivity index (χ4n) is 0.894. The van der Waals surface area contributed by atoms with Gasteiger partial charge >= 0.3 is 11.9 Å². The number of ether oxygens (including phenoxy) is 1. The van der Waals surface area contributed by atoms with Crippen molar-refractivity contribution in [2.45, 2.75) is 0 Å². The number of likely N-dealkylation sites (N-methyl/N-ethyl adjacent to an activating group) is 1. The van der Waals surface area contributed by atoms with Gasteiger partial charge in [-0.05, 0) is 12.1 Å². The van der Waals surface area contributed by atoms with Crippen molar-refractivity contribution in [3.8, 4) is 0 Å². The van der Waals surface area contributed by atoms with Gasteiger partial charge in [0, 0.05) is 13.2 Å². The number of anilines is 1. The van der Waals surface area contributed by atoms with E-state index < -0.39 is 11.9 Å². The Morgan fingerprint density at radius 2 is 2.21 bits per heavy atom. The van der Waals surface area contributed by atoms with Crippen LogP contribution in [0.15, 0.2) is 24.5 Å². The molecule has 0 aliphatic carbocycles. The predicted molar refractivity (Wildman–Crippen MR) is 49.7 cm³/mol. The third-order valence-electron chi connectivity index (χ3n) is 1.70. The van der Waals surface area contributed by atoms with Gasteiger partial charge in [-0.25, -0.2) is 4.79 Å². The third kappa shape index (κ3) is 2.07. The van der Waals surface area contributed by atoms with Gasteiger partial charge in [-0.3, -0.25) is 9.78 Å². The van der Waals surface area contributed by atoms with Crippen LogP contribution in [0.25, 0.3) is 0 Å². The Balaban J connectivity index is 2.81. The molecule has 0 fully saturated rings. The summed E-state index contributed by atoms with van der Waals surface area (Å²) in [7, 11) is 2.65. The van der Waals surface area contributed by atoms with Crippen LogP contribution in [0.5, 0.6) is 0 Å². The second kappa shape index (κ2) is 4.36. The summed E-state index contributed by atoms with van der Waals surface area (Å²) in [6, 6.07) is 3.35. The number of esters is 1. The molecule has 0 aromatic carbocycles. The Bertz CT molecular complexity index is 337. The maximum atomic E-state index is 11.3. The molecule has 0 aliphatic rings. The maximum Gasteiger partial charge on any atom is 0.397 e. The predicted octanol–water partition coefficient (Wildman–Crippen LogP) is 0.217. The zero-order valence-corrected chi connectivity index (χ0v) is 7.93. The van der Waals surface area contributed by atoms with E-state index in [1.54, 1.807) is 18.3 Å². The number of aromatic nitrogens is 1. The van der Waals surface area contributed by atoms with Crippen molar-refractivity contribution in [2.24, 2.45) is 0 Å². The Hall–Kier alpha value is -1.91. The zero-order chi connectivity index (χ0) is 10.6. The monoisotopic (exact) mass is 194 g/mol.